The van der Waals surface area contributed by atoms with Crippen LogP contribution in [0, 0.1) is 12.8 Å². The Hall–Kier alpha value is -2.13. The molecule has 0 spiro atoms. The zero-order valence-electron chi connectivity index (χ0n) is 18.4. The molecule has 1 aliphatic rings. The van der Waals surface area contributed by atoms with Gasteiger partial charge in [-0.3, -0.25) is 14.5 Å². The maximum absolute atomic E-state index is 13.0. The van der Waals surface area contributed by atoms with Gasteiger partial charge in [0, 0.05) is 44.9 Å². The monoisotopic (exact) mass is 443 g/mol. The second-order valence-corrected chi connectivity index (χ2v) is 8.25. The number of nitrogens with zero attached hydrogens (tertiary/aromatic N) is 2. The zero-order valence-corrected chi connectivity index (χ0v) is 18.4. The van der Waals surface area contributed by atoms with Crippen molar-refractivity contribution in [3.8, 4) is 0 Å². The standard InChI is InChI=1S/C22H32F3N3O3/c1-16(2)19(26-20(29)18-7-5-17(3)6-8-18)21(30)28-12-10-27(11-13-28)9-4-14-31-15-22(23,24)25/h5-8,16,19H,4,9-15H2,1-3H3,(H,26,29). The number of ether oxygens (including phenoxy) is 1. The number of aryl methyl sites for hydroxylation is 1. The number of carbonyl (C=O) groups is 2. The Bertz CT molecular complexity index is 715. The number of piperazine rings is 1. The summed E-state index contributed by atoms with van der Waals surface area (Å²) >= 11 is 0. The predicted molar refractivity (Wildman–Crippen MR) is 112 cm³/mol. The molecular formula is C22H32F3N3O3. The number of amides is 2. The summed E-state index contributed by atoms with van der Waals surface area (Å²) in [5, 5.41) is 2.87. The molecule has 31 heavy (non-hydrogen) atoms. The molecule has 1 aromatic rings. The van der Waals surface area contributed by atoms with Crippen LogP contribution in [0.5, 0.6) is 0 Å². The minimum absolute atomic E-state index is 0.0547. The van der Waals surface area contributed by atoms with Gasteiger partial charge in [-0.2, -0.15) is 13.2 Å². The van der Waals surface area contributed by atoms with E-state index in [-0.39, 0.29) is 24.3 Å². The van der Waals surface area contributed by atoms with Crippen molar-refractivity contribution in [3.05, 3.63) is 35.4 Å². The molecule has 9 heteroatoms. The van der Waals surface area contributed by atoms with E-state index < -0.39 is 18.8 Å². The molecule has 1 saturated heterocycles. The molecule has 1 aromatic carbocycles. The van der Waals surface area contributed by atoms with Gasteiger partial charge in [0.25, 0.3) is 5.91 Å². The van der Waals surface area contributed by atoms with Crippen LogP contribution in [0.3, 0.4) is 0 Å². The fourth-order valence-electron chi connectivity index (χ4n) is 3.41. The van der Waals surface area contributed by atoms with Crippen molar-refractivity contribution in [1.82, 2.24) is 15.1 Å². The van der Waals surface area contributed by atoms with Gasteiger partial charge in [-0.05, 0) is 31.4 Å². The second-order valence-electron chi connectivity index (χ2n) is 8.25. The van der Waals surface area contributed by atoms with E-state index >= 15 is 0 Å². The molecule has 0 aliphatic carbocycles. The Morgan fingerprint density at radius 3 is 2.26 bits per heavy atom. The van der Waals surface area contributed by atoms with E-state index in [9.17, 15) is 22.8 Å². The smallest absolute Gasteiger partial charge is 0.372 e. The molecule has 1 fully saturated rings. The first-order valence-electron chi connectivity index (χ1n) is 10.6. The van der Waals surface area contributed by atoms with Gasteiger partial charge in [0.05, 0.1) is 0 Å². The predicted octanol–water partition coefficient (Wildman–Crippen LogP) is 2.86. The highest BCUT2D eigenvalue weighted by Crippen LogP contribution is 2.15. The number of nitrogens with one attached hydrogen (secondary N) is 1. The first-order chi connectivity index (χ1) is 14.6. The number of halogens is 3. The summed E-state index contributed by atoms with van der Waals surface area (Å²) in [5.74, 6) is -0.445. The summed E-state index contributed by atoms with van der Waals surface area (Å²) in [6, 6.07) is 6.58. The fourth-order valence-corrected chi connectivity index (χ4v) is 3.41. The van der Waals surface area contributed by atoms with Crippen LogP contribution in [0.2, 0.25) is 0 Å². The lowest BCUT2D eigenvalue weighted by Crippen LogP contribution is -2.56. The van der Waals surface area contributed by atoms with Gasteiger partial charge in [0.15, 0.2) is 0 Å². The molecule has 1 aliphatic heterocycles. The summed E-state index contributed by atoms with van der Waals surface area (Å²) in [5.41, 5.74) is 1.57. The molecule has 0 bridgehead atoms. The van der Waals surface area contributed by atoms with Crippen LogP contribution in [-0.4, -0.2) is 79.8 Å². The number of benzene rings is 1. The third kappa shape index (κ3) is 8.49. The van der Waals surface area contributed by atoms with Crippen LogP contribution in [0.4, 0.5) is 13.2 Å². The van der Waals surface area contributed by atoms with E-state index in [0.717, 1.165) is 5.56 Å². The van der Waals surface area contributed by atoms with Crippen LogP contribution >= 0.6 is 0 Å². The van der Waals surface area contributed by atoms with Gasteiger partial charge in [-0.1, -0.05) is 31.5 Å². The average molecular weight is 444 g/mol. The Balaban J connectivity index is 1.79. The molecule has 2 rings (SSSR count). The maximum Gasteiger partial charge on any atom is 0.411 e. The lowest BCUT2D eigenvalue weighted by Gasteiger charge is -2.37. The third-order valence-electron chi connectivity index (χ3n) is 5.25. The van der Waals surface area contributed by atoms with Crippen LogP contribution in [-0.2, 0) is 9.53 Å². The van der Waals surface area contributed by atoms with Crippen LogP contribution in [0.25, 0.3) is 0 Å². The van der Waals surface area contributed by atoms with Gasteiger partial charge in [-0.15, -0.1) is 0 Å². The van der Waals surface area contributed by atoms with Gasteiger partial charge < -0.3 is 15.0 Å². The van der Waals surface area contributed by atoms with Crippen LogP contribution < -0.4 is 5.32 Å². The zero-order chi connectivity index (χ0) is 23.0. The summed E-state index contributed by atoms with van der Waals surface area (Å²) in [7, 11) is 0. The van der Waals surface area contributed by atoms with E-state index in [2.05, 4.69) is 15.0 Å². The molecular weight excluding hydrogens is 411 g/mol. The van der Waals surface area contributed by atoms with Gasteiger partial charge in [0.1, 0.15) is 12.6 Å². The number of hydrogen-bond acceptors (Lipinski definition) is 4. The number of rotatable bonds is 9. The van der Waals surface area contributed by atoms with Crippen LogP contribution in [0.15, 0.2) is 24.3 Å². The van der Waals surface area contributed by atoms with E-state index in [4.69, 9.17) is 0 Å². The van der Waals surface area contributed by atoms with Crippen molar-refractivity contribution in [2.24, 2.45) is 5.92 Å². The fraction of sp³-hybridized carbons (Fsp3) is 0.636. The summed E-state index contributed by atoms with van der Waals surface area (Å²) in [6.45, 7) is 7.51. The molecule has 0 saturated carbocycles. The Kier molecular flexibility index (Phi) is 9.31. The van der Waals surface area contributed by atoms with Crippen LogP contribution in [0.1, 0.15) is 36.2 Å². The van der Waals surface area contributed by atoms with Crippen molar-refractivity contribution in [1.29, 1.82) is 0 Å². The topological polar surface area (TPSA) is 61.9 Å². The summed E-state index contributed by atoms with van der Waals surface area (Å²) in [4.78, 5) is 29.5. The minimum atomic E-state index is -4.30. The molecule has 174 valence electrons. The molecule has 1 atom stereocenters. The largest absolute Gasteiger partial charge is 0.411 e. The van der Waals surface area contributed by atoms with Crippen molar-refractivity contribution in [2.45, 2.75) is 39.4 Å². The first kappa shape index (κ1) is 25.1. The quantitative estimate of drug-likeness (QED) is 0.597. The van der Waals surface area contributed by atoms with Gasteiger partial charge >= 0.3 is 6.18 Å². The van der Waals surface area contributed by atoms with Crippen molar-refractivity contribution in [2.75, 3.05) is 45.9 Å². The molecule has 0 radical (unpaired) electrons. The SMILES string of the molecule is Cc1ccc(C(=O)NC(C(=O)N2CCN(CCCOCC(F)(F)F)CC2)C(C)C)cc1. The highest BCUT2D eigenvalue weighted by molar-refractivity contribution is 5.97. The summed E-state index contributed by atoms with van der Waals surface area (Å²) in [6.07, 6.45) is -3.79. The van der Waals surface area contributed by atoms with Crippen molar-refractivity contribution in [3.63, 3.8) is 0 Å². The van der Waals surface area contributed by atoms with Gasteiger partial charge in [-0.25, -0.2) is 0 Å². The van der Waals surface area contributed by atoms with E-state index in [0.29, 0.717) is 44.7 Å². The Morgan fingerprint density at radius 2 is 1.71 bits per heavy atom. The highest BCUT2D eigenvalue weighted by atomic mass is 19.4. The number of alkyl halides is 3. The highest BCUT2D eigenvalue weighted by Gasteiger charge is 2.31. The molecule has 2 amide bonds. The average Bonchev–Trinajstić information content (AvgIpc) is 2.71. The Labute approximate surface area is 181 Å². The van der Waals surface area contributed by atoms with Crippen molar-refractivity contribution < 1.29 is 27.5 Å². The molecule has 1 unspecified atom stereocenters. The first-order valence-corrected chi connectivity index (χ1v) is 10.6. The number of hydrogen-bond donors (Lipinski definition) is 1. The van der Waals surface area contributed by atoms with E-state index in [1.807, 2.05) is 32.9 Å². The molecule has 1 N–H and O–H groups in total. The number of carbonyl (C=O) groups excluding carboxylic acids is 2. The minimum Gasteiger partial charge on any atom is -0.372 e. The second kappa shape index (κ2) is 11.5. The molecule has 0 aromatic heterocycles. The lowest BCUT2D eigenvalue weighted by atomic mass is 10.0. The summed E-state index contributed by atoms with van der Waals surface area (Å²) < 4.78 is 40.8. The maximum atomic E-state index is 13.0. The lowest BCUT2D eigenvalue weighted by molar-refractivity contribution is -0.174. The third-order valence-corrected chi connectivity index (χ3v) is 5.25. The normalized spacial score (nSPS) is 16.4. The Morgan fingerprint density at radius 1 is 1.10 bits per heavy atom. The molecule has 1 heterocycles. The van der Waals surface area contributed by atoms with Gasteiger partial charge in [0.2, 0.25) is 5.91 Å². The van der Waals surface area contributed by atoms with Crippen molar-refractivity contribution >= 4 is 11.8 Å². The van der Waals surface area contributed by atoms with E-state index in [1.54, 1.807) is 17.0 Å². The van der Waals surface area contributed by atoms with E-state index in [1.165, 1.54) is 0 Å². The molecule has 6 nitrogen and oxygen atoms in total.